The molecule has 0 saturated heterocycles. The van der Waals surface area contributed by atoms with Crippen molar-refractivity contribution in [1.82, 2.24) is 4.68 Å². The van der Waals surface area contributed by atoms with Crippen molar-refractivity contribution < 1.29 is 21.7 Å². The van der Waals surface area contributed by atoms with Crippen LogP contribution in [0.5, 0.6) is 0 Å². The van der Waals surface area contributed by atoms with Gasteiger partial charge in [-0.3, -0.25) is 0 Å². The van der Waals surface area contributed by atoms with E-state index < -0.39 is 0 Å². The molecule has 1 aromatic rings. The number of hydrogen-bond donors (Lipinski definition) is 0. The zero-order valence-electron chi connectivity index (χ0n) is 18.2. The van der Waals surface area contributed by atoms with Gasteiger partial charge in [0.1, 0.15) is 0 Å². The van der Waals surface area contributed by atoms with E-state index in [1.807, 2.05) is 0 Å². The largest absolute Gasteiger partial charge is 1.00 e. The number of nitrogens with zero attached hydrogens (tertiary/aromatic N) is 2. The van der Waals surface area contributed by atoms with Crippen LogP contribution in [0.4, 0.5) is 0 Å². The van der Waals surface area contributed by atoms with E-state index in [0.717, 1.165) is 6.54 Å². The third-order valence-electron chi connectivity index (χ3n) is 5.55. The molecule has 1 rings (SSSR count). The van der Waals surface area contributed by atoms with Gasteiger partial charge in [-0.25, -0.2) is 0 Å². The Morgan fingerprint density at radius 3 is 1.54 bits per heavy atom. The highest BCUT2D eigenvalue weighted by Crippen LogP contribution is 2.13. The second-order valence-electron chi connectivity index (χ2n) is 7.86. The van der Waals surface area contributed by atoms with E-state index in [4.69, 9.17) is 0 Å². The highest BCUT2D eigenvalue weighted by atomic mass is 79.9. The van der Waals surface area contributed by atoms with E-state index in [1.165, 1.54) is 108 Å². The summed E-state index contributed by atoms with van der Waals surface area (Å²) in [5, 5.41) is 0. The van der Waals surface area contributed by atoms with Crippen molar-refractivity contribution in [2.75, 3.05) is 0 Å². The summed E-state index contributed by atoms with van der Waals surface area (Å²) in [6.07, 6.45) is 20.1. The molecule has 0 amide bonds. The molecular formula is C23H45BrN2. The van der Waals surface area contributed by atoms with Gasteiger partial charge < -0.3 is 17.0 Å². The molecule has 0 radical (unpaired) electrons. The van der Waals surface area contributed by atoms with Gasteiger partial charge in [-0.2, -0.15) is 4.68 Å². The maximum atomic E-state index is 2.47. The SMILES string of the molecule is CCCCCCCCCCCCCCCC[n+]1c(C)cc(C)n1CC.[Br-]. The van der Waals surface area contributed by atoms with Crippen molar-refractivity contribution in [3.05, 3.63) is 17.5 Å². The van der Waals surface area contributed by atoms with E-state index in [9.17, 15) is 0 Å². The minimum atomic E-state index is 0. The van der Waals surface area contributed by atoms with Crippen molar-refractivity contribution in [2.45, 2.75) is 131 Å². The lowest BCUT2D eigenvalue weighted by Crippen LogP contribution is -3.00. The fourth-order valence-electron chi connectivity index (χ4n) is 4.01. The van der Waals surface area contributed by atoms with E-state index >= 15 is 0 Å². The Morgan fingerprint density at radius 1 is 0.692 bits per heavy atom. The first-order chi connectivity index (χ1) is 12.2. The Bertz CT molecular complexity index is 440. The summed E-state index contributed by atoms with van der Waals surface area (Å²) in [5.74, 6) is 0. The first-order valence-electron chi connectivity index (χ1n) is 11.3. The van der Waals surface area contributed by atoms with Crippen LogP contribution >= 0.6 is 0 Å². The third kappa shape index (κ3) is 10.7. The van der Waals surface area contributed by atoms with Crippen molar-refractivity contribution in [2.24, 2.45) is 0 Å². The lowest BCUT2D eigenvalue weighted by molar-refractivity contribution is -0.780. The van der Waals surface area contributed by atoms with Gasteiger partial charge in [-0.1, -0.05) is 84.0 Å². The number of hydrogen-bond acceptors (Lipinski definition) is 0. The topological polar surface area (TPSA) is 8.81 Å². The summed E-state index contributed by atoms with van der Waals surface area (Å²) >= 11 is 0. The van der Waals surface area contributed by atoms with Crippen molar-refractivity contribution in [3.63, 3.8) is 0 Å². The lowest BCUT2D eigenvalue weighted by atomic mass is 10.0. The van der Waals surface area contributed by atoms with Crippen LogP contribution < -0.4 is 21.7 Å². The monoisotopic (exact) mass is 428 g/mol. The van der Waals surface area contributed by atoms with Gasteiger partial charge in [-0.15, -0.1) is 4.68 Å². The Balaban J connectivity index is 0.00000625. The summed E-state index contributed by atoms with van der Waals surface area (Å²) in [6, 6.07) is 2.31. The molecule has 26 heavy (non-hydrogen) atoms. The van der Waals surface area contributed by atoms with Gasteiger partial charge in [0.05, 0.1) is 12.2 Å². The third-order valence-corrected chi connectivity index (χ3v) is 5.55. The van der Waals surface area contributed by atoms with Gasteiger partial charge in [0, 0.05) is 19.4 Å². The molecule has 0 aromatic carbocycles. The van der Waals surface area contributed by atoms with E-state index in [-0.39, 0.29) is 17.0 Å². The number of aryl methyl sites for hydroxylation is 2. The molecule has 0 aliphatic heterocycles. The average Bonchev–Trinajstić information content (AvgIpc) is 2.88. The molecule has 154 valence electrons. The van der Waals surface area contributed by atoms with Crippen LogP contribution in [-0.2, 0) is 13.1 Å². The first-order valence-corrected chi connectivity index (χ1v) is 11.3. The predicted octanol–water partition coefficient (Wildman–Crippen LogP) is 3.90. The second kappa shape index (κ2) is 16.8. The highest BCUT2D eigenvalue weighted by molar-refractivity contribution is 5.01. The van der Waals surface area contributed by atoms with Crippen LogP contribution in [0.2, 0.25) is 0 Å². The molecule has 0 spiro atoms. The molecule has 0 saturated carbocycles. The molecule has 0 aliphatic carbocycles. The second-order valence-corrected chi connectivity index (χ2v) is 7.86. The summed E-state index contributed by atoms with van der Waals surface area (Å²) in [7, 11) is 0. The van der Waals surface area contributed by atoms with Crippen LogP contribution in [0, 0.1) is 13.8 Å². The predicted molar refractivity (Wildman–Crippen MR) is 110 cm³/mol. The minimum Gasteiger partial charge on any atom is -1.00 e. The van der Waals surface area contributed by atoms with Crippen molar-refractivity contribution >= 4 is 0 Å². The smallest absolute Gasteiger partial charge is 0.205 e. The van der Waals surface area contributed by atoms with Crippen molar-refractivity contribution in [3.8, 4) is 0 Å². The highest BCUT2D eigenvalue weighted by Gasteiger charge is 2.15. The van der Waals surface area contributed by atoms with E-state index in [0.29, 0.717) is 0 Å². The van der Waals surface area contributed by atoms with Crippen molar-refractivity contribution in [1.29, 1.82) is 0 Å². The van der Waals surface area contributed by atoms with E-state index in [1.54, 1.807) is 0 Å². The molecular weight excluding hydrogens is 384 g/mol. The Kier molecular flexibility index (Phi) is 16.6. The first kappa shape index (κ1) is 25.7. The summed E-state index contributed by atoms with van der Waals surface area (Å²) < 4.78 is 4.88. The molecule has 0 aliphatic rings. The molecule has 1 heterocycles. The average molecular weight is 430 g/mol. The number of halogens is 1. The molecule has 2 nitrogen and oxygen atoms in total. The fourth-order valence-corrected chi connectivity index (χ4v) is 4.01. The molecule has 0 atom stereocenters. The molecule has 0 N–H and O–H groups in total. The zero-order chi connectivity index (χ0) is 18.3. The summed E-state index contributed by atoms with van der Waals surface area (Å²) in [6.45, 7) is 11.3. The normalized spacial score (nSPS) is 10.9. The number of unbranched alkanes of at least 4 members (excludes halogenated alkanes) is 13. The standard InChI is InChI=1S/C23H45N2.BrH/c1-5-7-8-9-10-11-12-13-14-15-16-17-18-19-20-25-23(4)21-22(3)24(25)6-2;/h21H,5-20H2,1-4H3;1H/q+1;/p-1. The maximum absolute atomic E-state index is 2.47. The maximum Gasteiger partial charge on any atom is 0.205 e. The van der Waals surface area contributed by atoms with Crippen LogP contribution in [0.15, 0.2) is 6.07 Å². The molecule has 0 fully saturated rings. The quantitative estimate of drug-likeness (QED) is 0.278. The van der Waals surface area contributed by atoms with Gasteiger partial charge in [0.2, 0.25) is 5.69 Å². The molecule has 1 aromatic heterocycles. The molecule has 0 unspecified atom stereocenters. The Morgan fingerprint density at radius 2 is 1.12 bits per heavy atom. The summed E-state index contributed by atoms with van der Waals surface area (Å²) in [4.78, 5) is 0. The van der Waals surface area contributed by atoms with Crippen LogP contribution in [0.1, 0.15) is 115 Å². The Hall–Kier alpha value is -0.310. The van der Waals surface area contributed by atoms with Crippen LogP contribution in [0.25, 0.3) is 0 Å². The summed E-state index contributed by atoms with van der Waals surface area (Å²) in [5.41, 5.74) is 2.81. The zero-order valence-corrected chi connectivity index (χ0v) is 19.7. The van der Waals surface area contributed by atoms with Crippen LogP contribution in [-0.4, -0.2) is 4.68 Å². The van der Waals surface area contributed by atoms with Gasteiger partial charge in [-0.05, 0) is 20.3 Å². The number of rotatable bonds is 16. The number of aromatic nitrogens is 2. The molecule has 3 heteroatoms. The lowest BCUT2D eigenvalue weighted by Gasteiger charge is -2.04. The fraction of sp³-hybridized carbons (Fsp3) is 0.870. The molecule has 0 bridgehead atoms. The van der Waals surface area contributed by atoms with Gasteiger partial charge in [0.25, 0.3) is 0 Å². The Labute approximate surface area is 174 Å². The van der Waals surface area contributed by atoms with Gasteiger partial charge >= 0.3 is 0 Å². The van der Waals surface area contributed by atoms with Gasteiger partial charge in [0.15, 0.2) is 6.54 Å². The minimum absolute atomic E-state index is 0. The van der Waals surface area contributed by atoms with Crippen LogP contribution in [0.3, 0.4) is 0 Å². The van der Waals surface area contributed by atoms with E-state index in [2.05, 4.69) is 43.1 Å².